The molecule has 1 aliphatic heterocycles. The number of carboxylic acid groups (broad SMARTS) is 1. The predicted molar refractivity (Wildman–Crippen MR) is 90.4 cm³/mol. The number of hydrogen-bond donors (Lipinski definition) is 2. The number of H-pyrrole nitrogens is 1. The van der Waals surface area contributed by atoms with Crippen LogP contribution in [0.15, 0.2) is 29.1 Å². The lowest BCUT2D eigenvalue weighted by Crippen LogP contribution is -2.41. The van der Waals surface area contributed by atoms with Gasteiger partial charge >= 0.3 is 11.7 Å². The molecular weight excluding hydrogens is 326 g/mol. The molecule has 25 heavy (non-hydrogen) atoms. The molecule has 1 amide bonds. The van der Waals surface area contributed by atoms with Gasteiger partial charge in [0, 0.05) is 19.7 Å². The highest BCUT2D eigenvalue weighted by atomic mass is 16.5. The van der Waals surface area contributed by atoms with Crippen molar-refractivity contribution in [2.24, 2.45) is 0 Å². The summed E-state index contributed by atoms with van der Waals surface area (Å²) in [5, 5.41) is 8.92. The molecule has 1 atom stereocenters. The maximum atomic E-state index is 12.7. The first-order valence-corrected chi connectivity index (χ1v) is 8.33. The summed E-state index contributed by atoms with van der Waals surface area (Å²) in [6.45, 7) is 0.983. The first kappa shape index (κ1) is 17.2. The molecule has 8 heteroatoms. The van der Waals surface area contributed by atoms with Gasteiger partial charge in [0.2, 0.25) is 5.91 Å². The fourth-order valence-corrected chi connectivity index (χ4v) is 3.08. The number of nitrogens with one attached hydrogen (secondary N) is 1. The minimum atomic E-state index is -0.964. The van der Waals surface area contributed by atoms with Crippen LogP contribution in [0, 0.1) is 0 Å². The van der Waals surface area contributed by atoms with E-state index in [1.807, 2.05) is 0 Å². The second kappa shape index (κ2) is 7.52. The summed E-state index contributed by atoms with van der Waals surface area (Å²) < 4.78 is 6.93. The molecule has 3 rings (SSSR count). The van der Waals surface area contributed by atoms with Crippen molar-refractivity contribution in [2.45, 2.75) is 31.9 Å². The average molecular weight is 347 g/mol. The second-order valence-corrected chi connectivity index (χ2v) is 6.15. The zero-order chi connectivity index (χ0) is 17.8. The number of nitrogens with zero attached hydrogens (tertiary/aromatic N) is 2. The summed E-state index contributed by atoms with van der Waals surface area (Å²) in [7, 11) is 0. The van der Waals surface area contributed by atoms with E-state index in [0.717, 1.165) is 12.8 Å². The van der Waals surface area contributed by atoms with E-state index in [0.29, 0.717) is 24.2 Å². The summed E-state index contributed by atoms with van der Waals surface area (Å²) in [4.78, 5) is 39.9. The molecule has 0 bridgehead atoms. The molecule has 0 saturated carbocycles. The molecule has 1 aromatic carbocycles. The van der Waals surface area contributed by atoms with E-state index >= 15 is 0 Å². The molecule has 2 N–H and O–H groups in total. The van der Waals surface area contributed by atoms with Gasteiger partial charge in [0.25, 0.3) is 0 Å². The average Bonchev–Trinajstić information content (AvgIpc) is 3.19. The van der Waals surface area contributed by atoms with E-state index in [2.05, 4.69) is 4.98 Å². The SMILES string of the molecule is O=C(O)CCN(C[C@H]1CCCO1)C(=O)Cn1c(=O)[nH]c2ccccc21. The predicted octanol–water partition coefficient (Wildman–Crippen LogP) is 0.812. The Kier molecular flexibility index (Phi) is 5.18. The molecule has 0 unspecified atom stereocenters. The number of carbonyl (C=O) groups is 2. The van der Waals surface area contributed by atoms with E-state index in [4.69, 9.17) is 9.84 Å². The van der Waals surface area contributed by atoms with Crippen LogP contribution in [0.1, 0.15) is 19.3 Å². The summed E-state index contributed by atoms with van der Waals surface area (Å²) in [6, 6.07) is 7.14. The van der Waals surface area contributed by atoms with Gasteiger partial charge in [-0.15, -0.1) is 0 Å². The Labute approximate surface area is 144 Å². The number of rotatable bonds is 7. The van der Waals surface area contributed by atoms with Gasteiger partial charge in [-0.2, -0.15) is 0 Å². The molecule has 0 radical (unpaired) electrons. The Morgan fingerprint density at radius 1 is 1.36 bits per heavy atom. The van der Waals surface area contributed by atoms with Crippen molar-refractivity contribution < 1.29 is 19.4 Å². The fourth-order valence-electron chi connectivity index (χ4n) is 3.08. The molecule has 1 aromatic heterocycles. The third-order valence-electron chi connectivity index (χ3n) is 4.37. The molecule has 8 nitrogen and oxygen atoms in total. The minimum absolute atomic E-state index is 0.0718. The van der Waals surface area contributed by atoms with Gasteiger partial charge in [-0.05, 0) is 25.0 Å². The van der Waals surface area contributed by atoms with Crippen molar-refractivity contribution in [3.63, 3.8) is 0 Å². The first-order valence-electron chi connectivity index (χ1n) is 8.33. The van der Waals surface area contributed by atoms with Gasteiger partial charge in [-0.25, -0.2) is 4.79 Å². The molecule has 0 aliphatic carbocycles. The Morgan fingerprint density at radius 3 is 2.88 bits per heavy atom. The van der Waals surface area contributed by atoms with E-state index in [1.165, 1.54) is 9.47 Å². The summed E-state index contributed by atoms with van der Waals surface area (Å²) in [5.74, 6) is -1.25. The van der Waals surface area contributed by atoms with Crippen LogP contribution in [-0.2, 0) is 20.9 Å². The Morgan fingerprint density at radius 2 is 2.16 bits per heavy atom. The van der Waals surface area contributed by atoms with Crippen LogP contribution in [0.5, 0.6) is 0 Å². The van der Waals surface area contributed by atoms with Crippen LogP contribution < -0.4 is 5.69 Å². The number of imidazole rings is 1. The van der Waals surface area contributed by atoms with Crippen LogP contribution in [-0.4, -0.2) is 57.2 Å². The Balaban J connectivity index is 1.77. The van der Waals surface area contributed by atoms with Crippen LogP contribution in [0.25, 0.3) is 11.0 Å². The van der Waals surface area contributed by atoms with Crippen molar-refractivity contribution in [3.8, 4) is 0 Å². The second-order valence-electron chi connectivity index (χ2n) is 6.15. The maximum absolute atomic E-state index is 12.7. The van der Waals surface area contributed by atoms with E-state index in [1.54, 1.807) is 24.3 Å². The smallest absolute Gasteiger partial charge is 0.326 e. The zero-order valence-corrected chi connectivity index (χ0v) is 13.8. The third kappa shape index (κ3) is 4.08. The van der Waals surface area contributed by atoms with E-state index in [9.17, 15) is 14.4 Å². The molecular formula is C17H21N3O5. The highest BCUT2D eigenvalue weighted by molar-refractivity contribution is 5.81. The third-order valence-corrected chi connectivity index (χ3v) is 4.37. The lowest BCUT2D eigenvalue weighted by Gasteiger charge is -2.25. The van der Waals surface area contributed by atoms with Gasteiger partial charge in [0.15, 0.2) is 0 Å². The number of carboxylic acids is 1. The van der Waals surface area contributed by atoms with Crippen LogP contribution in [0.3, 0.4) is 0 Å². The zero-order valence-electron chi connectivity index (χ0n) is 13.8. The van der Waals surface area contributed by atoms with Crippen molar-refractivity contribution in [3.05, 3.63) is 34.7 Å². The van der Waals surface area contributed by atoms with E-state index < -0.39 is 5.97 Å². The number of para-hydroxylation sites is 2. The Bertz CT molecular complexity index is 819. The normalized spacial score (nSPS) is 17.0. The van der Waals surface area contributed by atoms with Crippen molar-refractivity contribution in [1.29, 1.82) is 0 Å². The number of benzene rings is 1. The van der Waals surface area contributed by atoms with Crippen LogP contribution in [0.4, 0.5) is 0 Å². The highest BCUT2D eigenvalue weighted by Gasteiger charge is 2.24. The number of hydrogen-bond acceptors (Lipinski definition) is 4. The summed E-state index contributed by atoms with van der Waals surface area (Å²) >= 11 is 0. The minimum Gasteiger partial charge on any atom is -0.481 e. The standard InChI is InChI=1S/C17H21N3O5/c21-15(11-20-14-6-2-1-5-13(14)18-17(20)24)19(8-7-16(22)23)10-12-4-3-9-25-12/h1-2,5-6,12H,3-4,7-11H2,(H,18,24)(H,22,23)/t12-/m1/s1. The fraction of sp³-hybridized carbons (Fsp3) is 0.471. The number of aliphatic carboxylic acids is 1. The summed E-state index contributed by atoms with van der Waals surface area (Å²) in [6.07, 6.45) is 1.58. The number of aromatic nitrogens is 2. The van der Waals surface area contributed by atoms with Crippen LogP contribution >= 0.6 is 0 Å². The molecule has 1 fully saturated rings. The van der Waals surface area contributed by atoms with Gasteiger partial charge in [-0.3, -0.25) is 14.2 Å². The molecule has 1 saturated heterocycles. The van der Waals surface area contributed by atoms with Gasteiger partial charge in [-0.1, -0.05) is 12.1 Å². The number of fused-ring (bicyclic) bond motifs is 1. The van der Waals surface area contributed by atoms with Crippen molar-refractivity contribution in [1.82, 2.24) is 14.5 Å². The van der Waals surface area contributed by atoms with Crippen LogP contribution in [0.2, 0.25) is 0 Å². The number of amides is 1. The molecule has 2 aromatic rings. The monoisotopic (exact) mass is 347 g/mol. The highest BCUT2D eigenvalue weighted by Crippen LogP contribution is 2.15. The van der Waals surface area contributed by atoms with Gasteiger partial charge < -0.3 is 19.7 Å². The van der Waals surface area contributed by atoms with Crippen molar-refractivity contribution in [2.75, 3.05) is 19.7 Å². The number of ether oxygens (including phenoxy) is 1. The number of carbonyl (C=O) groups excluding carboxylic acids is 1. The lowest BCUT2D eigenvalue weighted by molar-refractivity contribution is -0.139. The number of aromatic amines is 1. The molecule has 134 valence electrons. The topological polar surface area (TPSA) is 105 Å². The largest absolute Gasteiger partial charge is 0.481 e. The van der Waals surface area contributed by atoms with Crippen molar-refractivity contribution >= 4 is 22.9 Å². The van der Waals surface area contributed by atoms with Gasteiger partial charge in [0.05, 0.1) is 23.6 Å². The summed E-state index contributed by atoms with van der Waals surface area (Å²) in [5.41, 5.74) is 0.956. The lowest BCUT2D eigenvalue weighted by atomic mass is 10.2. The Hall–Kier alpha value is -2.61. The van der Waals surface area contributed by atoms with E-state index in [-0.39, 0.29) is 37.2 Å². The molecule has 1 aliphatic rings. The maximum Gasteiger partial charge on any atom is 0.326 e. The van der Waals surface area contributed by atoms with Gasteiger partial charge in [0.1, 0.15) is 6.54 Å². The molecule has 2 heterocycles. The first-order chi connectivity index (χ1) is 12.0. The quantitative estimate of drug-likeness (QED) is 0.771. The molecule has 0 spiro atoms.